The highest BCUT2D eigenvalue weighted by atomic mass is 32.2. The third-order valence-electron chi connectivity index (χ3n) is 2.39. The quantitative estimate of drug-likeness (QED) is 0.843. The van der Waals surface area contributed by atoms with Gasteiger partial charge in [-0.2, -0.15) is 0 Å². The summed E-state index contributed by atoms with van der Waals surface area (Å²) < 4.78 is 26.5. The molecular formula is C11H14N4O2S2. The van der Waals surface area contributed by atoms with Crippen molar-refractivity contribution in [3.63, 3.8) is 0 Å². The highest BCUT2D eigenvalue weighted by Gasteiger charge is 2.15. The number of anilines is 1. The number of hydrogen-bond acceptors (Lipinski definition) is 6. The fraction of sp³-hybridized carbons (Fsp3) is 0.273. The number of aromatic nitrogens is 2. The van der Waals surface area contributed by atoms with E-state index in [1.807, 2.05) is 6.92 Å². The third kappa shape index (κ3) is 3.72. The van der Waals surface area contributed by atoms with Gasteiger partial charge in [-0.25, -0.2) is 8.42 Å². The van der Waals surface area contributed by atoms with Crippen LogP contribution in [-0.4, -0.2) is 25.2 Å². The van der Waals surface area contributed by atoms with Crippen LogP contribution in [0, 0.1) is 0 Å². The summed E-state index contributed by atoms with van der Waals surface area (Å²) in [4.78, 5) is 0.211. The lowest BCUT2D eigenvalue weighted by Crippen LogP contribution is -2.14. The van der Waals surface area contributed by atoms with Crippen LogP contribution < -0.4 is 10.0 Å². The molecule has 19 heavy (non-hydrogen) atoms. The minimum absolute atomic E-state index is 0.211. The van der Waals surface area contributed by atoms with E-state index in [2.05, 4.69) is 20.2 Å². The molecule has 2 aromatic rings. The van der Waals surface area contributed by atoms with Gasteiger partial charge in [-0.15, -0.1) is 10.2 Å². The molecule has 1 heterocycles. The maximum atomic E-state index is 12.0. The summed E-state index contributed by atoms with van der Waals surface area (Å²) in [6, 6.07) is 6.74. The fourth-order valence-corrected chi connectivity index (χ4v) is 3.14. The third-order valence-corrected chi connectivity index (χ3v) is 4.49. The molecule has 0 fully saturated rings. The van der Waals surface area contributed by atoms with Gasteiger partial charge in [-0.05, 0) is 24.2 Å². The molecule has 0 saturated carbocycles. The summed E-state index contributed by atoms with van der Waals surface area (Å²) in [5.41, 5.74) is 2.51. The van der Waals surface area contributed by atoms with Crippen LogP contribution in [0.25, 0.3) is 0 Å². The number of sulfonamides is 1. The van der Waals surface area contributed by atoms with Crippen LogP contribution in [0.1, 0.15) is 12.5 Å². The lowest BCUT2D eigenvalue weighted by molar-refractivity contribution is 0.601. The molecule has 0 saturated heterocycles. The zero-order valence-corrected chi connectivity index (χ0v) is 12.0. The smallest absolute Gasteiger partial charge is 0.263 e. The molecule has 0 aliphatic carbocycles. The lowest BCUT2D eigenvalue weighted by Gasteiger charge is -2.06. The molecule has 0 atom stereocenters. The van der Waals surface area contributed by atoms with Gasteiger partial charge in [-0.1, -0.05) is 30.4 Å². The fourth-order valence-electron chi connectivity index (χ4n) is 1.45. The predicted molar refractivity (Wildman–Crippen MR) is 74.5 cm³/mol. The van der Waals surface area contributed by atoms with Crippen molar-refractivity contribution >= 4 is 26.5 Å². The Morgan fingerprint density at radius 3 is 2.58 bits per heavy atom. The Morgan fingerprint density at radius 1 is 1.26 bits per heavy atom. The molecular weight excluding hydrogens is 284 g/mol. The van der Waals surface area contributed by atoms with Crippen molar-refractivity contribution < 1.29 is 8.42 Å². The summed E-state index contributed by atoms with van der Waals surface area (Å²) in [6.07, 6.45) is 0. The minimum Gasteiger partial charge on any atom is -0.313 e. The summed E-state index contributed by atoms with van der Waals surface area (Å²) in [7, 11) is -3.58. The van der Waals surface area contributed by atoms with E-state index < -0.39 is 10.0 Å². The highest BCUT2D eigenvalue weighted by Crippen LogP contribution is 2.17. The van der Waals surface area contributed by atoms with Crippen molar-refractivity contribution in [1.82, 2.24) is 15.5 Å². The second kappa shape index (κ2) is 6.09. The molecule has 8 heteroatoms. The van der Waals surface area contributed by atoms with Crippen molar-refractivity contribution in [1.29, 1.82) is 0 Å². The minimum atomic E-state index is -3.58. The van der Waals surface area contributed by atoms with Gasteiger partial charge < -0.3 is 5.32 Å². The average molecular weight is 298 g/mol. The molecule has 1 aromatic heterocycles. The summed E-state index contributed by atoms with van der Waals surface area (Å²) in [5.74, 6) is 0. The molecule has 102 valence electrons. The average Bonchev–Trinajstić information content (AvgIpc) is 2.89. The van der Waals surface area contributed by atoms with Gasteiger partial charge in [0.05, 0.1) is 4.90 Å². The Kier molecular flexibility index (Phi) is 4.46. The van der Waals surface area contributed by atoms with Crippen LogP contribution in [0.2, 0.25) is 0 Å². The normalized spacial score (nSPS) is 11.4. The van der Waals surface area contributed by atoms with Crippen LogP contribution in [0.15, 0.2) is 34.7 Å². The first-order chi connectivity index (χ1) is 9.12. The molecule has 2 N–H and O–H groups in total. The number of nitrogens with one attached hydrogen (secondary N) is 2. The molecule has 0 spiro atoms. The maximum absolute atomic E-state index is 12.0. The lowest BCUT2D eigenvalue weighted by atomic mass is 10.2. The summed E-state index contributed by atoms with van der Waals surface area (Å²) >= 11 is 1.14. The van der Waals surface area contributed by atoms with Crippen LogP contribution in [0.4, 0.5) is 5.13 Å². The first kappa shape index (κ1) is 13.9. The van der Waals surface area contributed by atoms with Gasteiger partial charge in [0.1, 0.15) is 5.51 Å². The van der Waals surface area contributed by atoms with Crippen LogP contribution >= 0.6 is 11.3 Å². The largest absolute Gasteiger partial charge is 0.313 e. The molecule has 0 aliphatic heterocycles. The summed E-state index contributed by atoms with van der Waals surface area (Å²) in [5, 5.41) is 10.7. The zero-order valence-electron chi connectivity index (χ0n) is 10.3. The van der Waals surface area contributed by atoms with Crippen LogP contribution in [0.5, 0.6) is 0 Å². The highest BCUT2D eigenvalue weighted by molar-refractivity contribution is 7.93. The number of hydrogen-bond donors (Lipinski definition) is 2. The van der Waals surface area contributed by atoms with E-state index >= 15 is 0 Å². The van der Waals surface area contributed by atoms with Gasteiger partial charge in [-0.3, -0.25) is 4.72 Å². The molecule has 0 amide bonds. The molecule has 6 nitrogen and oxygen atoms in total. The van der Waals surface area contributed by atoms with Crippen molar-refractivity contribution in [2.24, 2.45) is 0 Å². The van der Waals surface area contributed by atoms with E-state index in [1.54, 1.807) is 24.3 Å². The van der Waals surface area contributed by atoms with Gasteiger partial charge >= 0.3 is 0 Å². The van der Waals surface area contributed by atoms with E-state index in [-0.39, 0.29) is 10.0 Å². The van der Waals surface area contributed by atoms with Crippen molar-refractivity contribution in [3.05, 3.63) is 35.3 Å². The number of rotatable bonds is 6. The molecule has 0 unspecified atom stereocenters. The van der Waals surface area contributed by atoms with E-state index in [4.69, 9.17) is 0 Å². The van der Waals surface area contributed by atoms with E-state index in [9.17, 15) is 8.42 Å². The topological polar surface area (TPSA) is 84.0 Å². The van der Waals surface area contributed by atoms with Crippen LogP contribution in [0.3, 0.4) is 0 Å². The molecule has 1 aromatic carbocycles. The van der Waals surface area contributed by atoms with E-state index in [1.165, 1.54) is 5.51 Å². The van der Waals surface area contributed by atoms with E-state index in [0.29, 0.717) is 0 Å². The van der Waals surface area contributed by atoms with E-state index in [0.717, 1.165) is 30.0 Å². The molecule has 0 bridgehead atoms. The van der Waals surface area contributed by atoms with Gasteiger partial charge in [0, 0.05) is 6.54 Å². The Morgan fingerprint density at radius 2 is 2.00 bits per heavy atom. The Labute approximate surface area is 115 Å². The number of benzene rings is 1. The van der Waals surface area contributed by atoms with Crippen LogP contribution in [-0.2, 0) is 16.6 Å². The second-order valence-corrected chi connectivity index (χ2v) is 6.29. The summed E-state index contributed by atoms with van der Waals surface area (Å²) in [6.45, 7) is 3.62. The standard InChI is InChI=1S/C11H14N4O2S2/c1-2-12-7-9-3-5-10(6-4-9)19(16,17)15-11-14-13-8-18-11/h3-6,8,12H,2,7H2,1H3,(H,14,15). The zero-order chi connectivity index (χ0) is 13.7. The molecule has 2 rings (SSSR count). The predicted octanol–water partition coefficient (Wildman–Crippen LogP) is 1.45. The van der Waals surface area contributed by atoms with Crippen molar-refractivity contribution in [2.45, 2.75) is 18.4 Å². The van der Waals surface area contributed by atoms with Crippen molar-refractivity contribution in [2.75, 3.05) is 11.3 Å². The molecule has 0 aliphatic rings. The first-order valence-corrected chi connectivity index (χ1v) is 8.07. The van der Waals surface area contributed by atoms with Gasteiger partial charge in [0.15, 0.2) is 0 Å². The van der Waals surface area contributed by atoms with Gasteiger partial charge in [0.2, 0.25) is 5.13 Å². The maximum Gasteiger partial charge on any atom is 0.263 e. The Bertz CT molecular complexity index is 609. The van der Waals surface area contributed by atoms with Crippen molar-refractivity contribution in [3.8, 4) is 0 Å². The SMILES string of the molecule is CCNCc1ccc(S(=O)(=O)Nc2nncs2)cc1. The monoisotopic (exact) mass is 298 g/mol. The molecule has 0 radical (unpaired) electrons. The Hall–Kier alpha value is -1.51. The Balaban J connectivity index is 2.12. The van der Waals surface area contributed by atoms with Gasteiger partial charge in [0.25, 0.3) is 10.0 Å². The first-order valence-electron chi connectivity index (χ1n) is 5.70. The number of nitrogens with zero attached hydrogens (tertiary/aromatic N) is 2. The second-order valence-electron chi connectivity index (χ2n) is 3.77.